The van der Waals surface area contributed by atoms with E-state index >= 15 is 0 Å². The number of carbonyl (C=O) groups excluding carboxylic acids is 1. The molecule has 100 valence electrons. The Morgan fingerprint density at radius 3 is 2.29 bits per heavy atom. The first-order chi connectivity index (χ1) is 7.93. The van der Waals surface area contributed by atoms with E-state index in [2.05, 4.69) is 5.32 Å². The van der Waals surface area contributed by atoms with Crippen LogP contribution in [0.1, 0.15) is 13.8 Å². The summed E-state index contributed by atoms with van der Waals surface area (Å²) in [7, 11) is 0. The van der Waals surface area contributed by atoms with E-state index in [0.29, 0.717) is 13.2 Å². The van der Waals surface area contributed by atoms with Gasteiger partial charge in [0.25, 0.3) is 0 Å². The Balaban J connectivity index is 4.08. The fourth-order valence-corrected chi connectivity index (χ4v) is 5.04. The van der Waals surface area contributed by atoms with Crippen LogP contribution >= 0.6 is 17.1 Å². The SMILES string of the molecule is CCOP(=S)(OCC)SCC(=O)NCC(=O)O. The highest BCUT2D eigenvalue weighted by atomic mass is 32.9. The highest BCUT2D eigenvalue weighted by Gasteiger charge is 2.20. The van der Waals surface area contributed by atoms with Gasteiger partial charge >= 0.3 is 5.97 Å². The van der Waals surface area contributed by atoms with E-state index in [-0.39, 0.29) is 5.75 Å². The van der Waals surface area contributed by atoms with E-state index in [9.17, 15) is 9.59 Å². The van der Waals surface area contributed by atoms with E-state index in [1.165, 1.54) is 0 Å². The smallest absolute Gasteiger partial charge is 0.322 e. The van der Waals surface area contributed by atoms with Crippen LogP contribution in [0.2, 0.25) is 0 Å². The average molecular weight is 301 g/mol. The summed E-state index contributed by atoms with van der Waals surface area (Å²) in [4.78, 5) is 21.5. The third-order valence-corrected chi connectivity index (χ3v) is 6.77. The lowest BCUT2D eigenvalue weighted by molar-refractivity contribution is -0.137. The fraction of sp³-hybridized carbons (Fsp3) is 0.750. The number of nitrogens with one attached hydrogen (secondary N) is 1. The van der Waals surface area contributed by atoms with Crippen molar-refractivity contribution in [3.63, 3.8) is 0 Å². The summed E-state index contributed by atoms with van der Waals surface area (Å²) in [6.07, 6.45) is 0. The molecule has 0 radical (unpaired) electrons. The molecule has 0 aromatic heterocycles. The Bertz CT molecular complexity index is 302. The molecule has 0 bridgehead atoms. The Kier molecular flexibility index (Phi) is 8.81. The van der Waals surface area contributed by atoms with Crippen molar-refractivity contribution in [2.45, 2.75) is 13.8 Å². The normalized spacial score (nSPS) is 11.2. The van der Waals surface area contributed by atoms with Gasteiger partial charge in [0.2, 0.25) is 11.6 Å². The zero-order valence-electron chi connectivity index (χ0n) is 9.67. The molecule has 0 saturated heterocycles. The Morgan fingerprint density at radius 2 is 1.88 bits per heavy atom. The van der Waals surface area contributed by atoms with Crippen LogP contribution in [0.15, 0.2) is 0 Å². The van der Waals surface area contributed by atoms with E-state index in [4.69, 9.17) is 26.0 Å². The predicted octanol–water partition coefficient (Wildman–Crippen LogP) is 1.22. The van der Waals surface area contributed by atoms with Crippen LogP contribution in [0, 0.1) is 0 Å². The lowest BCUT2D eigenvalue weighted by Gasteiger charge is -2.19. The molecule has 1 amide bonds. The Morgan fingerprint density at radius 1 is 1.35 bits per heavy atom. The minimum atomic E-state index is -2.48. The quantitative estimate of drug-likeness (QED) is 0.619. The molecule has 0 saturated carbocycles. The first-order valence-corrected chi connectivity index (χ1v) is 9.18. The van der Waals surface area contributed by atoms with Crippen molar-refractivity contribution in [2.24, 2.45) is 0 Å². The van der Waals surface area contributed by atoms with Crippen LogP contribution in [-0.2, 0) is 30.4 Å². The summed E-state index contributed by atoms with van der Waals surface area (Å²) < 4.78 is 10.6. The molecule has 0 rings (SSSR count). The van der Waals surface area contributed by atoms with Gasteiger partial charge < -0.3 is 19.5 Å². The molecule has 0 unspecified atom stereocenters. The summed E-state index contributed by atoms with van der Waals surface area (Å²) in [5.41, 5.74) is -2.48. The van der Waals surface area contributed by atoms with Crippen molar-refractivity contribution in [3.8, 4) is 0 Å². The zero-order valence-corrected chi connectivity index (χ0v) is 12.2. The number of carboxylic acids is 1. The van der Waals surface area contributed by atoms with Crippen molar-refractivity contribution in [1.29, 1.82) is 0 Å². The van der Waals surface area contributed by atoms with E-state index in [1.807, 2.05) is 0 Å². The highest BCUT2D eigenvalue weighted by molar-refractivity contribution is 8.68. The monoisotopic (exact) mass is 301 g/mol. The molecule has 9 heteroatoms. The van der Waals surface area contributed by atoms with Crippen molar-refractivity contribution in [1.82, 2.24) is 5.32 Å². The van der Waals surface area contributed by atoms with Crippen LogP contribution in [0.5, 0.6) is 0 Å². The number of rotatable bonds is 9. The molecule has 0 heterocycles. The van der Waals surface area contributed by atoms with Gasteiger partial charge in [0.15, 0.2) is 0 Å². The van der Waals surface area contributed by atoms with Crippen LogP contribution in [-0.4, -0.2) is 42.5 Å². The summed E-state index contributed by atoms with van der Waals surface area (Å²) >= 11 is 6.30. The molecule has 2 N–H and O–H groups in total. The summed E-state index contributed by atoms with van der Waals surface area (Å²) in [6, 6.07) is 0. The summed E-state index contributed by atoms with van der Waals surface area (Å²) in [5.74, 6) is -1.45. The van der Waals surface area contributed by atoms with Gasteiger partial charge in [-0.1, -0.05) is 11.4 Å². The van der Waals surface area contributed by atoms with Gasteiger partial charge in [-0.2, -0.15) is 0 Å². The third-order valence-electron chi connectivity index (χ3n) is 1.36. The highest BCUT2D eigenvalue weighted by Crippen LogP contribution is 2.60. The maximum Gasteiger partial charge on any atom is 0.322 e. The average Bonchev–Trinajstić information content (AvgIpc) is 2.24. The Labute approximate surface area is 109 Å². The molecular formula is C8H16NO5PS2. The molecule has 0 spiro atoms. The summed E-state index contributed by atoms with van der Waals surface area (Å²) in [6.45, 7) is 4.03. The van der Waals surface area contributed by atoms with Gasteiger partial charge in [0.05, 0.1) is 19.0 Å². The molecule has 6 nitrogen and oxygen atoms in total. The zero-order chi connectivity index (χ0) is 13.3. The number of hydrogen-bond donors (Lipinski definition) is 2. The predicted molar refractivity (Wildman–Crippen MR) is 70.6 cm³/mol. The molecule has 0 fully saturated rings. The fourth-order valence-electron chi connectivity index (χ4n) is 0.791. The molecule has 0 aromatic rings. The Hall–Kier alpha value is -0.140. The van der Waals surface area contributed by atoms with Gasteiger partial charge in [0.1, 0.15) is 6.54 Å². The van der Waals surface area contributed by atoms with Crippen LogP contribution in [0.4, 0.5) is 0 Å². The minimum absolute atomic E-state index is 0.0323. The second-order valence-electron chi connectivity index (χ2n) is 2.73. The topological polar surface area (TPSA) is 84.9 Å². The van der Waals surface area contributed by atoms with Gasteiger partial charge in [-0.05, 0) is 25.7 Å². The molecule has 17 heavy (non-hydrogen) atoms. The van der Waals surface area contributed by atoms with Crippen molar-refractivity contribution in [2.75, 3.05) is 25.5 Å². The number of hydrogen-bond acceptors (Lipinski definition) is 6. The lowest BCUT2D eigenvalue weighted by Crippen LogP contribution is -2.30. The number of amides is 1. The second-order valence-corrected chi connectivity index (χ2v) is 9.04. The number of carbonyl (C=O) groups is 2. The van der Waals surface area contributed by atoms with Crippen molar-refractivity contribution < 1.29 is 23.7 Å². The van der Waals surface area contributed by atoms with Crippen molar-refractivity contribution >= 4 is 40.8 Å². The number of carboxylic acid groups (broad SMARTS) is 1. The lowest BCUT2D eigenvalue weighted by atomic mass is 10.6. The van der Waals surface area contributed by atoms with Crippen LogP contribution < -0.4 is 5.32 Å². The molecule has 0 aliphatic heterocycles. The maximum atomic E-state index is 11.3. The molecule has 0 aliphatic carbocycles. The molecule has 0 aliphatic rings. The van der Waals surface area contributed by atoms with E-state index in [1.54, 1.807) is 13.8 Å². The van der Waals surface area contributed by atoms with E-state index < -0.39 is 24.1 Å². The molecule has 0 atom stereocenters. The third kappa shape index (κ3) is 8.57. The maximum absolute atomic E-state index is 11.3. The van der Waals surface area contributed by atoms with Gasteiger partial charge in [-0.3, -0.25) is 9.59 Å². The van der Waals surface area contributed by atoms with Crippen LogP contribution in [0.3, 0.4) is 0 Å². The van der Waals surface area contributed by atoms with E-state index in [0.717, 1.165) is 11.4 Å². The molecule has 0 aromatic carbocycles. The molecular weight excluding hydrogens is 285 g/mol. The van der Waals surface area contributed by atoms with Crippen molar-refractivity contribution in [3.05, 3.63) is 0 Å². The van der Waals surface area contributed by atoms with Gasteiger partial charge in [-0.15, -0.1) is 0 Å². The number of aliphatic carboxylic acids is 1. The largest absolute Gasteiger partial charge is 0.480 e. The minimum Gasteiger partial charge on any atom is -0.480 e. The van der Waals surface area contributed by atoms with Gasteiger partial charge in [-0.25, -0.2) is 0 Å². The van der Waals surface area contributed by atoms with Crippen LogP contribution in [0.25, 0.3) is 0 Å². The summed E-state index contributed by atoms with van der Waals surface area (Å²) in [5, 5.41) is 10.6. The van der Waals surface area contributed by atoms with Gasteiger partial charge in [0, 0.05) is 0 Å². The first-order valence-electron chi connectivity index (χ1n) is 4.95. The standard InChI is InChI=1S/C8H16NO5PS2/c1-3-13-15(16,14-4-2)17-6-7(10)9-5-8(11)12/h3-6H2,1-2H3,(H,9,10)(H,11,12). The first kappa shape index (κ1) is 16.9. The second kappa shape index (κ2) is 8.88.